The number of amides is 1. The highest BCUT2D eigenvalue weighted by atomic mass is 16.6. The zero-order chi connectivity index (χ0) is 16.1. The summed E-state index contributed by atoms with van der Waals surface area (Å²) in [5, 5.41) is 0. The molecule has 0 aromatic heterocycles. The van der Waals surface area contributed by atoms with E-state index >= 15 is 0 Å². The largest absolute Gasteiger partial charge is 0.440 e. The van der Waals surface area contributed by atoms with E-state index in [4.69, 9.17) is 4.74 Å². The molecule has 0 radical (unpaired) electrons. The molecule has 23 heavy (non-hydrogen) atoms. The first-order chi connectivity index (χ1) is 11.0. The Morgan fingerprint density at radius 1 is 1.04 bits per heavy atom. The molecule has 0 N–H and O–H groups in total. The van der Waals surface area contributed by atoms with Crippen molar-refractivity contribution >= 4 is 6.09 Å². The van der Waals surface area contributed by atoms with Crippen molar-refractivity contribution in [2.45, 2.75) is 44.4 Å². The summed E-state index contributed by atoms with van der Waals surface area (Å²) in [6, 6.07) is 18.6. The highest BCUT2D eigenvalue weighted by Gasteiger charge is 2.62. The lowest BCUT2D eigenvalue weighted by Crippen LogP contribution is -2.54. The molecule has 1 fully saturated rings. The van der Waals surface area contributed by atoms with Gasteiger partial charge in [-0.1, -0.05) is 54.6 Å². The van der Waals surface area contributed by atoms with Gasteiger partial charge < -0.3 is 4.74 Å². The van der Waals surface area contributed by atoms with E-state index in [1.165, 1.54) is 11.1 Å². The van der Waals surface area contributed by atoms with Gasteiger partial charge >= 0.3 is 6.09 Å². The van der Waals surface area contributed by atoms with Gasteiger partial charge in [-0.05, 0) is 43.4 Å². The second-order valence-corrected chi connectivity index (χ2v) is 6.90. The molecule has 0 spiro atoms. The lowest BCUT2D eigenvalue weighted by Gasteiger charge is -2.46. The average molecular weight is 307 g/mol. The van der Waals surface area contributed by atoms with Crippen LogP contribution in [0, 0.1) is 0 Å². The second kappa shape index (κ2) is 4.85. The van der Waals surface area contributed by atoms with Crippen molar-refractivity contribution in [3.05, 3.63) is 71.3 Å². The van der Waals surface area contributed by atoms with E-state index in [-0.39, 0.29) is 6.09 Å². The summed E-state index contributed by atoms with van der Waals surface area (Å²) in [4.78, 5) is 14.6. The Hall–Kier alpha value is -2.29. The Balaban J connectivity index is 1.83. The van der Waals surface area contributed by atoms with Crippen LogP contribution in [0.3, 0.4) is 0 Å². The Morgan fingerprint density at radius 2 is 1.74 bits per heavy atom. The van der Waals surface area contributed by atoms with E-state index < -0.39 is 11.1 Å². The monoisotopic (exact) mass is 307 g/mol. The maximum absolute atomic E-state index is 12.7. The minimum Gasteiger partial charge on any atom is -0.440 e. The van der Waals surface area contributed by atoms with Crippen molar-refractivity contribution in [1.82, 2.24) is 4.90 Å². The summed E-state index contributed by atoms with van der Waals surface area (Å²) in [7, 11) is 0. The Kier molecular flexibility index (Phi) is 3.02. The van der Waals surface area contributed by atoms with Gasteiger partial charge in [0, 0.05) is 0 Å². The molecule has 118 valence electrons. The van der Waals surface area contributed by atoms with Gasteiger partial charge in [0.2, 0.25) is 0 Å². The Bertz CT molecular complexity index is 757. The molecule has 4 rings (SSSR count). The fourth-order valence-electron chi connectivity index (χ4n) is 4.12. The molecule has 3 heteroatoms. The number of ether oxygens (including phenoxy) is 1. The molecule has 0 unspecified atom stereocenters. The van der Waals surface area contributed by atoms with Crippen LogP contribution in [0.5, 0.6) is 0 Å². The Labute approximate surface area is 136 Å². The van der Waals surface area contributed by atoms with Crippen LogP contribution in [0.15, 0.2) is 54.6 Å². The fourth-order valence-corrected chi connectivity index (χ4v) is 4.12. The number of hydrogen-bond donors (Lipinski definition) is 0. The van der Waals surface area contributed by atoms with Crippen molar-refractivity contribution in [3.63, 3.8) is 0 Å². The highest BCUT2D eigenvalue weighted by molar-refractivity contribution is 5.74. The van der Waals surface area contributed by atoms with Crippen LogP contribution in [0.1, 0.15) is 37.0 Å². The molecular weight excluding hydrogens is 286 g/mol. The third-order valence-electron chi connectivity index (χ3n) is 5.70. The molecule has 2 aromatic rings. The molecule has 2 atom stereocenters. The van der Waals surface area contributed by atoms with E-state index in [0.29, 0.717) is 6.54 Å². The maximum Gasteiger partial charge on any atom is 0.411 e. The van der Waals surface area contributed by atoms with E-state index in [9.17, 15) is 4.79 Å². The van der Waals surface area contributed by atoms with Crippen molar-refractivity contribution in [1.29, 1.82) is 0 Å². The molecule has 2 aromatic carbocycles. The predicted octanol–water partition coefficient (Wildman–Crippen LogP) is 4.26. The van der Waals surface area contributed by atoms with Gasteiger partial charge in [0.05, 0.1) is 6.54 Å². The number of aryl methyl sites for hydroxylation is 1. The van der Waals surface area contributed by atoms with E-state index in [1.54, 1.807) is 0 Å². The molecule has 1 saturated heterocycles. The molecule has 0 saturated carbocycles. The zero-order valence-corrected chi connectivity index (χ0v) is 13.6. The second-order valence-electron chi connectivity index (χ2n) is 6.90. The molecule has 1 aliphatic heterocycles. The van der Waals surface area contributed by atoms with Gasteiger partial charge in [-0.15, -0.1) is 0 Å². The highest BCUT2D eigenvalue weighted by Crippen LogP contribution is 2.53. The molecule has 2 aliphatic rings. The smallest absolute Gasteiger partial charge is 0.411 e. The van der Waals surface area contributed by atoms with Gasteiger partial charge in [-0.3, -0.25) is 4.90 Å². The molecule has 0 bridgehead atoms. The summed E-state index contributed by atoms with van der Waals surface area (Å²) in [6.45, 7) is 4.80. The van der Waals surface area contributed by atoms with Gasteiger partial charge in [0.15, 0.2) is 0 Å². The fraction of sp³-hybridized carbons (Fsp3) is 0.350. The van der Waals surface area contributed by atoms with Crippen molar-refractivity contribution in [3.8, 4) is 0 Å². The number of carbonyl (C=O) groups is 1. The quantitative estimate of drug-likeness (QED) is 0.829. The molecule has 1 amide bonds. The van der Waals surface area contributed by atoms with Crippen LogP contribution in [-0.2, 0) is 23.2 Å². The van der Waals surface area contributed by atoms with E-state index in [0.717, 1.165) is 18.4 Å². The van der Waals surface area contributed by atoms with E-state index in [1.807, 2.05) is 23.1 Å². The van der Waals surface area contributed by atoms with Crippen molar-refractivity contribution < 1.29 is 9.53 Å². The number of nitrogens with zero attached hydrogens (tertiary/aromatic N) is 1. The van der Waals surface area contributed by atoms with Crippen molar-refractivity contribution in [2.75, 3.05) is 0 Å². The van der Waals surface area contributed by atoms with Gasteiger partial charge in [0.1, 0.15) is 11.1 Å². The van der Waals surface area contributed by atoms with Crippen LogP contribution in [-0.4, -0.2) is 16.6 Å². The first-order valence-corrected chi connectivity index (χ1v) is 8.17. The van der Waals surface area contributed by atoms with Crippen LogP contribution in [0.2, 0.25) is 0 Å². The van der Waals surface area contributed by atoms with Crippen molar-refractivity contribution in [2.24, 2.45) is 0 Å². The SMILES string of the molecule is C[C@@]12CCc3ccccc3[C@]1(C)N(Cc1ccccc1)C(=O)O2. The standard InChI is InChI=1S/C20H21NO2/c1-19-13-12-16-10-6-7-11-17(16)20(19,2)21(18(22)23-19)14-15-8-4-3-5-9-15/h3-11H,12-14H2,1-2H3/t19-,20+/m1/s1. The molecule has 1 heterocycles. The minimum atomic E-state index is -0.479. The number of benzene rings is 2. The van der Waals surface area contributed by atoms with Gasteiger partial charge in [0.25, 0.3) is 0 Å². The van der Waals surface area contributed by atoms with Crippen LogP contribution < -0.4 is 0 Å². The topological polar surface area (TPSA) is 29.5 Å². The van der Waals surface area contributed by atoms with Crippen LogP contribution in [0.4, 0.5) is 4.79 Å². The number of carbonyl (C=O) groups excluding carboxylic acids is 1. The van der Waals surface area contributed by atoms with E-state index in [2.05, 4.69) is 50.2 Å². The number of hydrogen-bond acceptors (Lipinski definition) is 2. The molecule has 3 nitrogen and oxygen atoms in total. The summed E-state index contributed by atoms with van der Waals surface area (Å²) >= 11 is 0. The summed E-state index contributed by atoms with van der Waals surface area (Å²) in [6.07, 6.45) is 1.60. The lowest BCUT2D eigenvalue weighted by atomic mass is 9.67. The van der Waals surface area contributed by atoms with Crippen LogP contribution >= 0.6 is 0 Å². The zero-order valence-electron chi connectivity index (χ0n) is 13.6. The molecular formula is C20H21NO2. The third kappa shape index (κ3) is 1.92. The molecule has 1 aliphatic carbocycles. The lowest BCUT2D eigenvalue weighted by molar-refractivity contribution is -0.0108. The summed E-state index contributed by atoms with van der Waals surface area (Å²) < 4.78 is 5.88. The van der Waals surface area contributed by atoms with Gasteiger partial charge in [-0.2, -0.15) is 0 Å². The normalized spacial score (nSPS) is 29.0. The number of rotatable bonds is 2. The summed E-state index contributed by atoms with van der Waals surface area (Å²) in [5.41, 5.74) is 2.75. The Morgan fingerprint density at radius 3 is 2.52 bits per heavy atom. The first kappa shape index (κ1) is 14.3. The number of fused-ring (bicyclic) bond motifs is 3. The summed E-state index contributed by atoms with van der Waals surface area (Å²) in [5.74, 6) is 0. The first-order valence-electron chi connectivity index (χ1n) is 8.17. The predicted molar refractivity (Wildman–Crippen MR) is 89.0 cm³/mol. The average Bonchev–Trinajstić information content (AvgIpc) is 2.76. The maximum atomic E-state index is 12.7. The third-order valence-corrected chi connectivity index (χ3v) is 5.70. The van der Waals surface area contributed by atoms with Crippen LogP contribution in [0.25, 0.3) is 0 Å². The minimum absolute atomic E-state index is 0.212. The van der Waals surface area contributed by atoms with Gasteiger partial charge in [-0.25, -0.2) is 4.79 Å².